The van der Waals surface area contributed by atoms with E-state index in [0.29, 0.717) is 0 Å². The molecule has 1 N–H and O–H groups in total. The van der Waals surface area contributed by atoms with Gasteiger partial charge in [0, 0.05) is 13.8 Å². The summed E-state index contributed by atoms with van der Waals surface area (Å²) < 4.78 is 22.7. The van der Waals surface area contributed by atoms with Crippen molar-refractivity contribution < 1.29 is 33.3 Å². The van der Waals surface area contributed by atoms with Crippen LogP contribution in [0.25, 0.3) is 11.2 Å². The lowest BCUT2D eigenvalue weighted by Gasteiger charge is -2.22. The van der Waals surface area contributed by atoms with Gasteiger partial charge in [0.2, 0.25) is 6.10 Å². The van der Waals surface area contributed by atoms with Crippen LogP contribution >= 0.6 is 0 Å². The molecule has 2 aliphatic heterocycles. The van der Waals surface area contributed by atoms with Crippen molar-refractivity contribution in [3.63, 3.8) is 0 Å². The predicted octanol–water partition coefficient (Wildman–Crippen LogP) is -1.19. The molecule has 0 bridgehead atoms. The first-order valence-corrected chi connectivity index (χ1v) is 7.97. The smallest absolute Gasteiger partial charge is 0.350 e. The molecule has 2 aromatic rings. The molecule has 4 rings (SSSR count). The van der Waals surface area contributed by atoms with Crippen molar-refractivity contribution in [3.8, 4) is 0 Å². The van der Waals surface area contributed by atoms with E-state index in [2.05, 4.69) is 15.0 Å². The molecule has 2 fully saturated rings. The van der Waals surface area contributed by atoms with E-state index in [9.17, 15) is 19.2 Å². The molecule has 0 unspecified atom stereocenters. The zero-order valence-corrected chi connectivity index (χ0v) is 14.1. The second-order valence-corrected chi connectivity index (χ2v) is 6.05. The SMILES string of the molecule is CC(=O)O[C@@H]1[C@@H]2OC(=O)[C@@H](OC(C)=O)[C@@H]2O[C@@H]1n1cnc2nc[nH]c(=O)c21. The number of aromatic amines is 1. The standard InChI is InChI=1S/C15H14N4O8/c1-5(20)24-10-8-9(11(15(23)27-8)25-6(2)21)26-14(10)19-4-18-12-7(19)13(22)17-3-16-12/h3-4,8-11,14H,1-2H3,(H,16,17,22)/t8-,9-,10-,11+,14+/m1/s1. The molecule has 27 heavy (non-hydrogen) atoms. The van der Waals surface area contributed by atoms with Crippen molar-refractivity contribution in [1.29, 1.82) is 0 Å². The lowest BCUT2D eigenvalue weighted by Crippen LogP contribution is -2.36. The first kappa shape index (κ1) is 17.1. The highest BCUT2D eigenvalue weighted by Gasteiger charge is 2.61. The average molecular weight is 378 g/mol. The molecule has 4 heterocycles. The predicted molar refractivity (Wildman–Crippen MR) is 83.0 cm³/mol. The second-order valence-electron chi connectivity index (χ2n) is 6.05. The second kappa shape index (κ2) is 6.16. The van der Waals surface area contributed by atoms with Gasteiger partial charge in [-0.2, -0.15) is 0 Å². The van der Waals surface area contributed by atoms with E-state index in [1.165, 1.54) is 24.1 Å². The van der Waals surface area contributed by atoms with E-state index < -0.39 is 54.1 Å². The van der Waals surface area contributed by atoms with Crippen LogP contribution in [0.1, 0.15) is 20.1 Å². The molecular weight excluding hydrogens is 364 g/mol. The molecule has 0 spiro atoms. The maximum absolute atomic E-state index is 12.2. The van der Waals surface area contributed by atoms with E-state index in [1.54, 1.807) is 0 Å². The number of rotatable bonds is 3. The summed E-state index contributed by atoms with van der Waals surface area (Å²) in [6.07, 6.45) is -2.93. The molecule has 0 radical (unpaired) electrons. The minimum Gasteiger partial charge on any atom is -0.454 e. The van der Waals surface area contributed by atoms with Gasteiger partial charge in [-0.3, -0.25) is 19.0 Å². The summed E-state index contributed by atoms with van der Waals surface area (Å²) in [5.41, 5.74) is -0.224. The Balaban J connectivity index is 1.76. The third-order valence-corrected chi connectivity index (χ3v) is 4.25. The van der Waals surface area contributed by atoms with Crippen molar-refractivity contribution in [3.05, 3.63) is 23.0 Å². The van der Waals surface area contributed by atoms with E-state index in [0.717, 1.165) is 6.92 Å². The topological polar surface area (TPSA) is 152 Å². The lowest BCUT2D eigenvalue weighted by molar-refractivity contribution is -0.174. The first-order valence-electron chi connectivity index (χ1n) is 7.97. The van der Waals surface area contributed by atoms with Gasteiger partial charge in [-0.25, -0.2) is 14.8 Å². The maximum atomic E-state index is 12.2. The molecule has 12 heteroatoms. The Bertz CT molecular complexity index is 997. The normalized spacial score (nSPS) is 29.4. The Morgan fingerprint density at radius 3 is 2.59 bits per heavy atom. The van der Waals surface area contributed by atoms with Crippen molar-refractivity contribution in [1.82, 2.24) is 19.5 Å². The first-order chi connectivity index (χ1) is 12.9. The number of carbonyl (C=O) groups is 3. The van der Waals surface area contributed by atoms with E-state index in [4.69, 9.17) is 18.9 Å². The van der Waals surface area contributed by atoms with Crippen LogP contribution in [0.15, 0.2) is 17.4 Å². The molecule has 0 aromatic carbocycles. The van der Waals surface area contributed by atoms with Crippen LogP contribution in [0.2, 0.25) is 0 Å². The summed E-state index contributed by atoms with van der Waals surface area (Å²) in [7, 11) is 0. The number of esters is 3. The molecule has 142 valence electrons. The highest BCUT2D eigenvalue weighted by Crippen LogP contribution is 2.40. The zero-order valence-electron chi connectivity index (χ0n) is 14.1. The molecule has 2 aliphatic rings. The summed E-state index contributed by atoms with van der Waals surface area (Å²) in [4.78, 5) is 57.5. The zero-order chi connectivity index (χ0) is 19.3. The summed E-state index contributed by atoms with van der Waals surface area (Å²) in [6, 6.07) is 0. The van der Waals surface area contributed by atoms with Crippen LogP contribution < -0.4 is 5.56 Å². The van der Waals surface area contributed by atoms with Gasteiger partial charge in [-0.1, -0.05) is 0 Å². The van der Waals surface area contributed by atoms with Crippen LogP contribution in [0, 0.1) is 0 Å². The van der Waals surface area contributed by atoms with Gasteiger partial charge < -0.3 is 23.9 Å². The molecule has 0 saturated carbocycles. The summed E-state index contributed by atoms with van der Waals surface area (Å²) in [5, 5.41) is 0. The summed E-state index contributed by atoms with van der Waals surface area (Å²) in [5.74, 6) is -2.13. The number of nitrogens with zero attached hydrogens (tertiary/aromatic N) is 3. The molecule has 2 saturated heterocycles. The number of hydrogen-bond acceptors (Lipinski definition) is 10. The average Bonchev–Trinajstić information content (AvgIpc) is 3.23. The fourth-order valence-corrected chi connectivity index (χ4v) is 3.29. The lowest BCUT2D eigenvalue weighted by atomic mass is 10.1. The van der Waals surface area contributed by atoms with Crippen LogP contribution in [0.5, 0.6) is 0 Å². The minimum absolute atomic E-state index is 0.0926. The van der Waals surface area contributed by atoms with Crippen LogP contribution in [0.3, 0.4) is 0 Å². The Morgan fingerprint density at radius 1 is 1.15 bits per heavy atom. The number of aromatic nitrogens is 4. The number of fused-ring (bicyclic) bond motifs is 2. The molecule has 0 amide bonds. The number of nitrogens with one attached hydrogen (secondary N) is 1. The van der Waals surface area contributed by atoms with Crippen molar-refractivity contribution in [2.75, 3.05) is 0 Å². The molecular formula is C15H14N4O8. The summed E-state index contributed by atoms with van der Waals surface area (Å²) in [6.45, 7) is 2.33. The monoisotopic (exact) mass is 378 g/mol. The van der Waals surface area contributed by atoms with Crippen LogP contribution in [-0.4, -0.2) is 61.8 Å². The minimum atomic E-state index is -1.30. The quantitative estimate of drug-likeness (QED) is 0.509. The van der Waals surface area contributed by atoms with Crippen molar-refractivity contribution >= 4 is 29.1 Å². The maximum Gasteiger partial charge on any atom is 0.350 e. The third kappa shape index (κ3) is 2.73. The number of imidazole rings is 1. The number of carbonyl (C=O) groups excluding carboxylic acids is 3. The molecule has 2 aromatic heterocycles. The Labute approximate surface area is 150 Å². The van der Waals surface area contributed by atoms with Gasteiger partial charge >= 0.3 is 17.9 Å². The Morgan fingerprint density at radius 2 is 1.89 bits per heavy atom. The fraction of sp³-hybridized carbons (Fsp3) is 0.467. The van der Waals surface area contributed by atoms with Gasteiger partial charge in [0.25, 0.3) is 5.56 Å². The summed E-state index contributed by atoms with van der Waals surface area (Å²) >= 11 is 0. The van der Waals surface area contributed by atoms with Gasteiger partial charge in [0.1, 0.15) is 12.4 Å². The van der Waals surface area contributed by atoms with Crippen LogP contribution in [0.4, 0.5) is 0 Å². The third-order valence-electron chi connectivity index (χ3n) is 4.25. The van der Waals surface area contributed by atoms with Crippen molar-refractivity contribution in [2.45, 2.75) is 44.5 Å². The highest BCUT2D eigenvalue weighted by atomic mass is 16.7. The van der Waals surface area contributed by atoms with Gasteiger partial charge in [-0.05, 0) is 0 Å². The van der Waals surface area contributed by atoms with Gasteiger partial charge in [-0.15, -0.1) is 0 Å². The Hall–Kier alpha value is -3.28. The van der Waals surface area contributed by atoms with E-state index in [1.807, 2.05) is 0 Å². The van der Waals surface area contributed by atoms with Crippen LogP contribution in [-0.2, 0) is 33.3 Å². The Kier molecular flexibility index (Phi) is 3.91. The molecule has 5 atom stereocenters. The molecule has 12 nitrogen and oxygen atoms in total. The number of hydrogen-bond donors (Lipinski definition) is 1. The molecule has 0 aliphatic carbocycles. The highest BCUT2D eigenvalue weighted by molar-refractivity contribution is 5.82. The number of ether oxygens (including phenoxy) is 4. The van der Waals surface area contributed by atoms with E-state index >= 15 is 0 Å². The number of H-pyrrole nitrogens is 1. The van der Waals surface area contributed by atoms with Gasteiger partial charge in [0.05, 0.1) is 6.33 Å². The van der Waals surface area contributed by atoms with Crippen molar-refractivity contribution in [2.24, 2.45) is 0 Å². The largest absolute Gasteiger partial charge is 0.454 e. The van der Waals surface area contributed by atoms with Gasteiger partial charge in [0.15, 0.2) is 29.6 Å². The fourth-order valence-electron chi connectivity index (χ4n) is 3.29. The van der Waals surface area contributed by atoms with E-state index in [-0.39, 0.29) is 11.2 Å².